The molecule has 17 heavy (non-hydrogen) atoms. The number of rotatable bonds is 6. The van der Waals surface area contributed by atoms with Crippen LogP contribution in [0.5, 0.6) is 0 Å². The second-order valence-electron chi connectivity index (χ2n) is 3.52. The van der Waals surface area contributed by atoms with Gasteiger partial charge >= 0.3 is 11.9 Å². The van der Waals surface area contributed by atoms with Crippen LogP contribution >= 0.6 is 0 Å². The Morgan fingerprint density at radius 1 is 1.12 bits per heavy atom. The van der Waals surface area contributed by atoms with Crippen molar-refractivity contribution in [1.82, 2.24) is 0 Å². The lowest BCUT2D eigenvalue weighted by Crippen LogP contribution is -2.48. The molecule has 7 heteroatoms. The number of aliphatic hydroxyl groups excluding tert-OH is 2. The van der Waals surface area contributed by atoms with Crippen molar-refractivity contribution in [2.24, 2.45) is 0 Å². The van der Waals surface area contributed by atoms with E-state index in [0.29, 0.717) is 0 Å². The number of aldehydes is 1. The van der Waals surface area contributed by atoms with E-state index in [9.17, 15) is 24.6 Å². The average molecular weight is 248 g/mol. The SMILES string of the molecule is CC(=O)O[C@H]([C@@H](O)[C@H](C)O)[C@H](C=O)OC(C)=O. The minimum atomic E-state index is -1.53. The van der Waals surface area contributed by atoms with Crippen molar-refractivity contribution in [3.05, 3.63) is 0 Å². The summed E-state index contributed by atoms with van der Waals surface area (Å²) >= 11 is 0. The van der Waals surface area contributed by atoms with Gasteiger partial charge in [0.15, 0.2) is 18.5 Å². The number of carbonyl (C=O) groups excluding carboxylic acids is 3. The van der Waals surface area contributed by atoms with Crippen molar-refractivity contribution >= 4 is 18.2 Å². The topological polar surface area (TPSA) is 110 Å². The molecule has 0 unspecified atom stereocenters. The van der Waals surface area contributed by atoms with Gasteiger partial charge in [-0.3, -0.25) is 14.4 Å². The molecule has 0 aromatic rings. The maximum absolute atomic E-state index is 10.8. The van der Waals surface area contributed by atoms with Crippen LogP contribution < -0.4 is 0 Å². The third-order valence-corrected chi connectivity index (χ3v) is 1.89. The van der Waals surface area contributed by atoms with Gasteiger partial charge < -0.3 is 19.7 Å². The third kappa shape index (κ3) is 5.41. The largest absolute Gasteiger partial charge is 0.455 e. The molecule has 0 heterocycles. The Balaban J connectivity index is 4.91. The number of carbonyl (C=O) groups is 3. The van der Waals surface area contributed by atoms with Crippen LogP contribution in [0.3, 0.4) is 0 Å². The Hall–Kier alpha value is -1.47. The molecule has 0 aliphatic rings. The summed E-state index contributed by atoms with van der Waals surface area (Å²) in [6, 6.07) is 0. The number of aliphatic hydroxyl groups is 2. The predicted octanol–water partition coefficient (Wildman–Crippen LogP) is -1.21. The van der Waals surface area contributed by atoms with Crippen molar-refractivity contribution in [3.63, 3.8) is 0 Å². The van der Waals surface area contributed by atoms with Crippen LogP contribution in [0.25, 0.3) is 0 Å². The summed E-state index contributed by atoms with van der Waals surface area (Å²) in [5.74, 6) is -1.54. The lowest BCUT2D eigenvalue weighted by atomic mass is 10.0. The molecule has 4 atom stereocenters. The summed E-state index contributed by atoms with van der Waals surface area (Å²) in [6.07, 6.45) is -5.46. The van der Waals surface area contributed by atoms with Crippen LogP contribution in [-0.4, -0.2) is 52.9 Å². The highest BCUT2D eigenvalue weighted by molar-refractivity contribution is 5.71. The monoisotopic (exact) mass is 248 g/mol. The highest BCUT2D eigenvalue weighted by atomic mass is 16.6. The fourth-order valence-corrected chi connectivity index (χ4v) is 1.16. The van der Waals surface area contributed by atoms with Crippen molar-refractivity contribution < 1.29 is 34.1 Å². The lowest BCUT2D eigenvalue weighted by Gasteiger charge is -2.28. The summed E-state index contributed by atoms with van der Waals surface area (Å²) in [4.78, 5) is 32.3. The first-order chi connectivity index (χ1) is 7.79. The molecule has 7 nitrogen and oxygen atoms in total. The molecule has 98 valence electrons. The standard InChI is InChI=1S/C10H16O7/c1-5(12)9(15)10(17-7(3)14)8(4-11)16-6(2)13/h4-5,8-10,12,15H,1-3H3/t5-,8-,9-,10-/m0/s1. The van der Waals surface area contributed by atoms with Gasteiger partial charge in [-0.05, 0) is 6.92 Å². The number of hydrogen-bond donors (Lipinski definition) is 2. The smallest absolute Gasteiger partial charge is 0.303 e. The van der Waals surface area contributed by atoms with Gasteiger partial charge in [-0.15, -0.1) is 0 Å². The molecular formula is C10H16O7. The van der Waals surface area contributed by atoms with Crippen LogP contribution in [0.4, 0.5) is 0 Å². The molecular weight excluding hydrogens is 232 g/mol. The van der Waals surface area contributed by atoms with Crippen molar-refractivity contribution in [2.45, 2.75) is 45.2 Å². The zero-order chi connectivity index (χ0) is 13.6. The molecule has 0 saturated heterocycles. The van der Waals surface area contributed by atoms with Crippen molar-refractivity contribution in [2.75, 3.05) is 0 Å². The fourth-order valence-electron chi connectivity index (χ4n) is 1.16. The van der Waals surface area contributed by atoms with E-state index in [1.54, 1.807) is 0 Å². The van der Waals surface area contributed by atoms with E-state index in [1.165, 1.54) is 6.92 Å². The second-order valence-corrected chi connectivity index (χ2v) is 3.52. The van der Waals surface area contributed by atoms with Crippen LogP contribution in [0.2, 0.25) is 0 Å². The first kappa shape index (κ1) is 15.5. The highest BCUT2D eigenvalue weighted by Crippen LogP contribution is 2.12. The molecule has 0 spiro atoms. The first-order valence-corrected chi connectivity index (χ1v) is 4.95. The van der Waals surface area contributed by atoms with E-state index >= 15 is 0 Å². The number of hydrogen-bond acceptors (Lipinski definition) is 7. The molecule has 0 rings (SSSR count). The Labute approximate surface area is 98.3 Å². The van der Waals surface area contributed by atoms with Crippen LogP contribution in [0, 0.1) is 0 Å². The second kappa shape index (κ2) is 6.97. The third-order valence-electron chi connectivity index (χ3n) is 1.89. The molecule has 0 saturated carbocycles. The minimum Gasteiger partial charge on any atom is -0.455 e. The molecule has 0 bridgehead atoms. The average Bonchev–Trinajstić information content (AvgIpc) is 2.21. The zero-order valence-electron chi connectivity index (χ0n) is 9.82. The molecule has 0 amide bonds. The first-order valence-electron chi connectivity index (χ1n) is 4.95. The van der Waals surface area contributed by atoms with Crippen LogP contribution in [0.15, 0.2) is 0 Å². The van der Waals surface area contributed by atoms with E-state index in [2.05, 4.69) is 9.47 Å². The van der Waals surface area contributed by atoms with Gasteiger partial charge in [0, 0.05) is 13.8 Å². The predicted molar refractivity (Wildman–Crippen MR) is 54.9 cm³/mol. The van der Waals surface area contributed by atoms with Gasteiger partial charge in [-0.2, -0.15) is 0 Å². The maximum Gasteiger partial charge on any atom is 0.303 e. The van der Waals surface area contributed by atoms with Gasteiger partial charge in [0.1, 0.15) is 6.10 Å². The van der Waals surface area contributed by atoms with Gasteiger partial charge in [0.05, 0.1) is 6.10 Å². The van der Waals surface area contributed by atoms with E-state index < -0.39 is 36.4 Å². The van der Waals surface area contributed by atoms with Gasteiger partial charge in [-0.1, -0.05) is 0 Å². The van der Waals surface area contributed by atoms with E-state index in [0.717, 1.165) is 13.8 Å². The van der Waals surface area contributed by atoms with Gasteiger partial charge in [-0.25, -0.2) is 0 Å². The molecule has 0 aliphatic heterocycles. The minimum absolute atomic E-state index is 0.223. The van der Waals surface area contributed by atoms with Crippen LogP contribution in [0.1, 0.15) is 20.8 Å². The zero-order valence-corrected chi connectivity index (χ0v) is 9.82. The Morgan fingerprint density at radius 2 is 1.59 bits per heavy atom. The van der Waals surface area contributed by atoms with Gasteiger partial charge in [0.2, 0.25) is 0 Å². The van der Waals surface area contributed by atoms with Crippen molar-refractivity contribution in [3.8, 4) is 0 Å². The summed E-state index contributed by atoms with van der Waals surface area (Å²) < 4.78 is 9.25. The van der Waals surface area contributed by atoms with Crippen molar-refractivity contribution in [1.29, 1.82) is 0 Å². The number of esters is 2. The summed E-state index contributed by atoms with van der Waals surface area (Å²) in [5, 5.41) is 18.8. The van der Waals surface area contributed by atoms with Gasteiger partial charge in [0.25, 0.3) is 0 Å². The Bertz CT molecular complexity index is 286. The Morgan fingerprint density at radius 3 is 1.88 bits per heavy atom. The molecule has 0 aromatic heterocycles. The quantitative estimate of drug-likeness (QED) is 0.448. The molecule has 0 radical (unpaired) electrons. The molecule has 0 aromatic carbocycles. The van der Waals surface area contributed by atoms with E-state index in [4.69, 9.17) is 0 Å². The maximum atomic E-state index is 10.8. The fraction of sp³-hybridized carbons (Fsp3) is 0.700. The summed E-state index contributed by atoms with van der Waals surface area (Å²) in [7, 11) is 0. The number of ether oxygens (including phenoxy) is 2. The molecule has 2 N–H and O–H groups in total. The van der Waals surface area contributed by atoms with Crippen LogP contribution in [-0.2, 0) is 23.9 Å². The summed E-state index contributed by atoms with van der Waals surface area (Å²) in [6.45, 7) is 3.38. The lowest BCUT2D eigenvalue weighted by molar-refractivity contribution is -0.180. The van der Waals surface area contributed by atoms with E-state index in [1.807, 2.05) is 0 Å². The molecule has 0 aliphatic carbocycles. The summed E-state index contributed by atoms with van der Waals surface area (Å²) in [5.41, 5.74) is 0. The Kier molecular flexibility index (Phi) is 6.37. The normalized spacial score (nSPS) is 17.5. The molecule has 0 fully saturated rings. The highest BCUT2D eigenvalue weighted by Gasteiger charge is 2.36. The van der Waals surface area contributed by atoms with E-state index in [-0.39, 0.29) is 6.29 Å².